The lowest BCUT2D eigenvalue weighted by Gasteiger charge is -2.41. The van der Waals surface area contributed by atoms with E-state index in [-0.39, 0.29) is 5.60 Å². The zero-order valence-corrected chi connectivity index (χ0v) is 12.8. The SMILES string of the molecule is COc1cccc(CC(O)C2(OC)CCC(C)CC2)c1. The van der Waals surface area contributed by atoms with Crippen LogP contribution in [0.15, 0.2) is 24.3 Å². The van der Waals surface area contributed by atoms with Crippen LogP contribution in [0.3, 0.4) is 0 Å². The molecule has 1 fully saturated rings. The highest BCUT2D eigenvalue weighted by atomic mass is 16.5. The van der Waals surface area contributed by atoms with Gasteiger partial charge in [0.2, 0.25) is 0 Å². The fourth-order valence-corrected chi connectivity index (χ4v) is 3.13. The molecule has 1 atom stereocenters. The van der Waals surface area contributed by atoms with Gasteiger partial charge in [-0.25, -0.2) is 0 Å². The molecule has 1 N–H and O–H groups in total. The van der Waals surface area contributed by atoms with Crippen molar-refractivity contribution in [3.63, 3.8) is 0 Å². The Morgan fingerprint density at radius 1 is 1.30 bits per heavy atom. The van der Waals surface area contributed by atoms with Gasteiger partial charge in [-0.15, -0.1) is 0 Å². The monoisotopic (exact) mass is 278 g/mol. The van der Waals surface area contributed by atoms with Crippen LogP contribution in [0.2, 0.25) is 0 Å². The topological polar surface area (TPSA) is 38.7 Å². The fraction of sp³-hybridized carbons (Fsp3) is 0.647. The molecule has 20 heavy (non-hydrogen) atoms. The molecule has 0 heterocycles. The Bertz CT molecular complexity index is 422. The summed E-state index contributed by atoms with van der Waals surface area (Å²) >= 11 is 0. The third-order valence-corrected chi connectivity index (χ3v) is 4.70. The zero-order valence-electron chi connectivity index (χ0n) is 12.8. The molecule has 0 aliphatic heterocycles. The summed E-state index contributed by atoms with van der Waals surface area (Å²) in [6.45, 7) is 2.27. The normalized spacial score (nSPS) is 28.1. The maximum Gasteiger partial charge on any atom is 0.119 e. The minimum Gasteiger partial charge on any atom is -0.497 e. The van der Waals surface area contributed by atoms with Crippen LogP contribution in [0, 0.1) is 5.92 Å². The first-order valence-electron chi connectivity index (χ1n) is 7.46. The van der Waals surface area contributed by atoms with Crippen molar-refractivity contribution in [1.29, 1.82) is 0 Å². The van der Waals surface area contributed by atoms with Crippen molar-refractivity contribution in [2.75, 3.05) is 14.2 Å². The van der Waals surface area contributed by atoms with E-state index in [1.807, 2.05) is 24.3 Å². The van der Waals surface area contributed by atoms with Gasteiger partial charge in [0.25, 0.3) is 0 Å². The van der Waals surface area contributed by atoms with Crippen LogP contribution in [0.4, 0.5) is 0 Å². The van der Waals surface area contributed by atoms with Gasteiger partial charge < -0.3 is 14.6 Å². The molecule has 1 unspecified atom stereocenters. The maximum atomic E-state index is 10.7. The summed E-state index contributed by atoms with van der Waals surface area (Å²) in [5.41, 5.74) is 0.710. The van der Waals surface area contributed by atoms with Crippen molar-refractivity contribution in [3.05, 3.63) is 29.8 Å². The number of aliphatic hydroxyl groups excluding tert-OH is 1. The number of hydrogen-bond donors (Lipinski definition) is 1. The first-order valence-corrected chi connectivity index (χ1v) is 7.46. The molecular weight excluding hydrogens is 252 g/mol. The second-order valence-electron chi connectivity index (χ2n) is 6.02. The van der Waals surface area contributed by atoms with Crippen molar-refractivity contribution < 1.29 is 14.6 Å². The molecule has 2 rings (SSSR count). The molecule has 3 heteroatoms. The Morgan fingerprint density at radius 3 is 2.60 bits per heavy atom. The summed E-state index contributed by atoms with van der Waals surface area (Å²) in [6, 6.07) is 7.89. The molecule has 0 radical (unpaired) electrons. The molecule has 1 aromatic rings. The summed E-state index contributed by atoms with van der Waals surface area (Å²) in [5, 5.41) is 10.7. The molecule has 3 nitrogen and oxygen atoms in total. The number of rotatable bonds is 5. The van der Waals surface area contributed by atoms with Crippen LogP contribution in [-0.2, 0) is 11.2 Å². The number of aliphatic hydroxyl groups is 1. The minimum atomic E-state index is -0.466. The zero-order chi connectivity index (χ0) is 14.6. The third-order valence-electron chi connectivity index (χ3n) is 4.70. The molecule has 0 saturated heterocycles. The molecule has 0 aromatic heterocycles. The van der Waals surface area contributed by atoms with E-state index in [1.165, 1.54) is 0 Å². The van der Waals surface area contributed by atoms with E-state index in [1.54, 1.807) is 14.2 Å². The van der Waals surface area contributed by atoms with E-state index in [2.05, 4.69) is 6.92 Å². The van der Waals surface area contributed by atoms with E-state index in [9.17, 15) is 5.11 Å². The Labute approximate surface area is 121 Å². The average Bonchev–Trinajstić information content (AvgIpc) is 2.48. The lowest BCUT2D eigenvalue weighted by molar-refractivity contribution is -0.127. The average molecular weight is 278 g/mol. The van der Waals surface area contributed by atoms with E-state index in [0.29, 0.717) is 6.42 Å². The molecular formula is C17H26O3. The predicted octanol–water partition coefficient (Wildman–Crippen LogP) is 3.19. The standard InChI is InChI=1S/C17H26O3/c1-13-7-9-17(20-3,10-8-13)16(18)12-14-5-4-6-15(11-14)19-2/h4-6,11,13,16,18H,7-10,12H2,1-3H3. The van der Waals surface area contributed by atoms with Crippen LogP contribution < -0.4 is 4.74 Å². The number of hydrogen-bond acceptors (Lipinski definition) is 3. The van der Waals surface area contributed by atoms with Crippen molar-refractivity contribution in [3.8, 4) is 5.75 Å². The van der Waals surface area contributed by atoms with Gasteiger partial charge in [0.1, 0.15) is 5.75 Å². The van der Waals surface area contributed by atoms with Gasteiger partial charge in [0, 0.05) is 13.5 Å². The Kier molecular flexibility index (Phi) is 5.06. The summed E-state index contributed by atoms with van der Waals surface area (Å²) in [6.07, 6.45) is 4.28. The first-order chi connectivity index (χ1) is 9.59. The Morgan fingerprint density at radius 2 is 2.00 bits per heavy atom. The van der Waals surface area contributed by atoms with Crippen molar-refractivity contribution >= 4 is 0 Å². The van der Waals surface area contributed by atoms with Crippen LogP contribution in [0.5, 0.6) is 5.75 Å². The van der Waals surface area contributed by atoms with E-state index in [0.717, 1.165) is 42.9 Å². The number of benzene rings is 1. The number of ether oxygens (including phenoxy) is 2. The van der Waals surface area contributed by atoms with Gasteiger partial charge in [0.05, 0.1) is 18.8 Å². The molecule has 112 valence electrons. The van der Waals surface area contributed by atoms with E-state index >= 15 is 0 Å². The van der Waals surface area contributed by atoms with Gasteiger partial charge in [-0.2, -0.15) is 0 Å². The highest BCUT2D eigenvalue weighted by Gasteiger charge is 2.40. The second-order valence-corrected chi connectivity index (χ2v) is 6.02. The molecule has 0 amide bonds. The van der Waals surface area contributed by atoms with E-state index < -0.39 is 6.10 Å². The second kappa shape index (κ2) is 6.59. The van der Waals surface area contributed by atoms with Gasteiger partial charge in [0.15, 0.2) is 0 Å². The fourth-order valence-electron chi connectivity index (χ4n) is 3.13. The van der Waals surface area contributed by atoms with Crippen molar-refractivity contribution in [2.45, 2.75) is 50.7 Å². The minimum absolute atomic E-state index is 0.379. The number of methoxy groups -OCH3 is 2. The van der Waals surface area contributed by atoms with Crippen LogP contribution >= 0.6 is 0 Å². The van der Waals surface area contributed by atoms with Crippen LogP contribution in [0.25, 0.3) is 0 Å². The van der Waals surface area contributed by atoms with Crippen LogP contribution in [0.1, 0.15) is 38.2 Å². The molecule has 1 aliphatic carbocycles. The summed E-state index contributed by atoms with van der Waals surface area (Å²) in [7, 11) is 3.39. The largest absolute Gasteiger partial charge is 0.497 e. The summed E-state index contributed by atoms with van der Waals surface area (Å²) < 4.78 is 11.0. The first kappa shape index (κ1) is 15.3. The lowest BCUT2D eigenvalue weighted by atomic mass is 9.75. The molecule has 1 aliphatic rings. The smallest absolute Gasteiger partial charge is 0.119 e. The highest BCUT2D eigenvalue weighted by molar-refractivity contribution is 5.29. The van der Waals surface area contributed by atoms with Gasteiger partial charge >= 0.3 is 0 Å². The Balaban J connectivity index is 2.07. The van der Waals surface area contributed by atoms with Crippen molar-refractivity contribution in [2.24, 2.45) is 5.92 Å². The highest BCUT2D eigenvalue weighted by Crippen LogP contribution is 2.37. The van der Waals surface area contributed by atoms with Crippen LogP contribution in [-0.4, -0.2) is 31.0 Å². The molecule has 0 bridgehead atoms. The quantitative estimate of drug-likeness (QED) is 0.899. The van der Waals surface area contributed by atoms with Gasteiger partial charge in [-0.3, -0.25) is 0 Å². The molecule has 1 saturated carbocycles. The van der Waals surface area contributed by atoms with E-state index in [4.69, 9.17) is 9.47 Å². The van der Waals surface area contributed by atoms with Gasteiger partial charge in [-0.05, 0) is 49.3 Å². The summed E-state index contributed by atoms with van der Waals surface area (Å²) in [5.74, 6) is 1.57. The molecule has 0 spiro atoms. The molecule has 1 aromatic carbocycles. The maximum absolute atomic E-state index is 10.7. The third kappa shape index (κ3) is 3.33. The summed E-state index contributed by atoms with van der Waals surface area (Å²) in [4.78, 5) is 0. The predicted molar refractivity (Wildman–Crippen MR) is 80.1 cm³/mol. The lowest BCUT2D eigenvalue weighted by Crippen LogP contribution is -2.47. The Hall–Kier alpha value is -1.06. The van der Waals surface area contributed by atoms with Gasteiger partial charge in [-0.1, -0.05) is 19.1 Å². The van der Waals surface area contributed by atoms with Crippen molar-refractivity contribution in [1.82, 2.24) is 0 Å².